The molecule has 0 aliphatic carbocycles. The molecule has 4 aliphatic heterocycles. The monoisotopic (exact) mass is 348 g/mol. The van der Waals surface area contributed by atoms with Crippen LogP contribution in [-0.2, 0) is 4.79 Å². The third kappa shape index (κ3) is 2.77. The van der Waals surface area contributed by atoms with Crippen molar-refractivity contribution in [3.63, 3.8) is 0 Å². The number of hydrogen-bond acceptors (Lipinski definition) is 2. The Morgan fingerprint density at radius 3 is 2.68 bits per heavy atom. The largest absolute Gasteiger partial charge is 0.337 e. The van der Waals surface area contributed by atoms with E-state index in [4.69, 9.17) is 0 Å². The number of unbranched alkanes of at least 4 members (excludes halogenated alkanes) is 1. The number of nitrogens with zero attached hydrogens (tertiary/aromatic N) is 2. The summed E-state index contributed by atoms with van der Waals surface area (Å²) < 4.78 is 28.3. The van der Waals surface area contributed by atoms with E-state index in [9.17, 15) is 13.6 Å². The second-order valence-electron chi connectivity index (χ2n) is 7.75. The van der Waals surface area contributed by atoms with Crippen molar-refractivity contribution < 1.29 is 13.6 Å². The zero-order chi connectivity index (χ0) is 17.6. The Balaban J connectivity index is 1.68. The van der Waals surface area contributed by atoms with Crippen LogP contribution in [0.25, 0.3) is 0 Å². The number of likely N-dealkylation sites (tertiary alicyclic amines) is 1. The van der Waals surface area contributed by atoms with E-state index in [0.717, 1.165) is 38.8 Å². The van der Waals surface area contributed by atoms with Crippen LogP contribution in [0, 0.1) is 17.6 Å². The molecule has 2 bridgehead atoms. The fraction of sp³-hybridized carbons (Fsp3) is 0.650. The number of fused-ring (bicyclic) bond motifs is 2. The molecule has 5 heteroatoms. The van der Waals surface area contributed by atoms with Crippen LogP contribution in [0.5, 0.6) is 0 Å². The van der Waals surface area contributed by atoms with Crippen LogP contribution >= 0.6 is 0 Å². The molecule has 0 radical (unpaired) electrons. The van der Waals surface area contributed by atoms with Gasteiger partial charge >= 0.3 is 0 Å². The van der Waals surface area contributed by atoms with Gasteiger partial charge in [0.1, 0.15) is 0 Å². The SMILES string of the molecule is CCCCC(=O)N1C[C@@H](c2cccc(F)c2F)[C@@H]2[C@H]1C1CCN2CC1. The van der Waals surface area contributed by atoms with E-state index in [0.29, 0.717) is 24.4 Å². The molecular weight excluding hydrogens is 322 g/mol. The van der Waals surface area contributed by atoms with Crippen molar-refractivity contribution in [2.24, 2.45) is 5.92 Å². The zero-order valence-electron chi connectivity index (χ0n) is 14.8. The number of halogens is 2. The van der Waals surface area contributed by atoms with Crippen molar-refractivity contribution in [3.8, 4) is 0 Å². The van der Waals surface area contributed by atoms with Crippen molar-refractivity contribution in [2.75, 3.05) is 19.6 Å². The van der Waals surface area contributed by atoms with Crippen LogP contribution in [0.2, 0.25) is 0 Å². The van der Waals surface area contributed by atoms with E-state index in [1.165, 1.54) is 6.07 Å². The Morgan fingerprint density at radius 1 is 1.20 bits per heavy atom. The number of rotatable bonds is 4. The minimum atomic E-state index is -0.791. The molecule has 5 rings (SSSR count). The number of benzene rings is 1. The van der Waals surface area contributed by atoms with E-state index in [2.05, 4.69) is 11.8 Å². The first-order chi connectivity index (χ1) is 12.1. The van der Waals surface area contributed by atoms with Crippen LogP contribution in [0.3, 0.4) is 0 Å². The van der Waals surface area contributed by atoms with E-state index in [-0.39, 0.29) is 23.9 Å². The van der Waals surface area contributed by atoms with Crippen molar-refractivity contribution >= 4 is 5.91 Å². The maximum absolute atomic E-state index is 14.5. The molecule has 4 saturated heterocycles. The Labute approximate surface area is 148 Å². The third-order valence-electron chi connectivity index (χ3n) is 6.44. The summed E-state index contributed by atoms with van der Waals surface area (Å²) in [5.41, 5.74) is 0.438. The predicted molar refractivity (Wildman–Crippen MR) is 92.2 cm³/mol. The molecule has 0 saturated carbocycles. The van der Waals surface area contributed by atoms with Gasteiger partial charge in [0, 0.05) is 24.9 Å². The topological polar surface area (TPSA) is 23.6 Å². The summed E-state index contributed by atoms with van der Waals surface area (Å²) in [5, 5.41) is 0. The average molecular weight is 348 g/mol. The highest BCUT2D eigenvalue weighted by atomic mass is 19.2. The summed E-state index contributed by atoms with van der Waals surface area (Å²) in [6.07, 6.45) is 4.66. The Kier molecular flexibility index (Phi) is 4.52. The van der Waals surface area contributed by atoms with Crippen molar-refractivity contribution in [2.45, 2.75) is 57.0 Å². The first-order valence-corrected chi connectivity index (χ1v) is 9.59. The molecule has 0 aromatic heterocycles. The number of hydrogen-bond donors (Lipinski definition) is 0. The highest BCUT2D eigenvalue weighted by Gasteiger charge is 2.54. The molecule has 136 valence electrons. The van der Waals surface area contributed by atoms with E-state index in [1.54, 1.807) is 12.1 Å². The Bertz CT molecular complexity index is 657. The number of carbonyl (C=O) groups excluding carboxylic acids is 1. The van der Waals surface area contributed by atoms with Gasteiger partial charge in [-0.1, -0.05) is 25.5 Å². The molecule has 3 nitrogen and oxygen atoms in total. The smallest absolute Gasteiger partial charge is 0.222 e. The highest BCUT2D eigenvalue weighted by molar-refractivity contribution is 5.77. The lowest BCUT2D eigenvalue weighted by Gasteiger charge is -2.51. The molecule has 1 aromatic carbocycles. The molecule has 3 atom stereocenters. The summed E-state index contributed by atoms with van der Waals surface area (Å²) >= 11 is 0. The minimum absolute atomic E-state index is 0.130. The number of piperidine rings is 3. The van der Waals surface area contributed by atoms with Gasteiger partial charge in [0.15, 0.2) is 11.6 Å². The minimum Gasteiger partial charge on any atom is -0.337 e. The van der Waals surface area contributed by atoms with Crippen LogP contribution in [0.4, 0.5) is 8.78 Å². The molecule has 4 heterocycles. The molecule has 0 unspecified atom stereocenters. The number of carbonyl (C=O) groups is 1. The lowest BCUT2D eigenvalue weighted by molar-refractivity contribution is -0.136. The third-order valence-corrected chi connectivity index (χ3v) is 6.44. The van der Waals surface area contributed by atoms with E-state index < -0.39 is 11.6 Å². The summed E-state index contributed by atoms with van der Waals surface area (Å²) in [6, 6.07) is 4.75. The van der Waals surface area contributed by atoms with Crippen molar-refractivity contribution in [3.05, 3.63) is 35.4 Å². The fourth-order valence-electron chi connectivity index (χ4n) is 5.26. The summed E-state index contributed by atoms with van der Waals surface area (Å²) in [4.78, 5) is 17.2. The van der Waals surface area contributed by atoms with Gasteiger partial charge < -0.3 is 4.90 Å². The average Bonchev–Trinajstić information content (AvgIpc) is 3.06. The summed E-state index contributed by atoms with van der Waals surface area (Å²) in [6.45, 7) is 4.62. The molecule has 0 N–H and O–H groups in total. The first-order valence-electron chi connectivity index (χ1n) is 9.59. The van der Waals surface area contributed by atoms with Crippen molar-refractivity contribution in [1.82, 2.24) is 9.80 Å². The standard InChI is InChI=1S/C20H26F2N2O/c1-2-3-7-17(25)24-12-15(14-5-4-6-16(21)18(14)22)20-19(24)13-8-10-23(20)11-9-13/h4-6,13,15,19-20H,2-3,7-12H2,1H3/t15-,19+,20+/m0/s1. The molecule has 1 aromatic rings. The van der Waals surface area contributed by atoms with Gasteiger partial charge in [-0.3, -0.25) is 9.69 Å². The first kappa shape index (κ1) is 17.0. The molecular formula is C20H26F2N2O. The molecule has 0 spiro atoms. The lowest BCUT2D eigenvalue weighted by Crippen LogP contribution is -2.60. The Morgan fingerprint density at radius 2 is 1.96 bits per heavy atom. The maximum atomic E-state index is 14.5. The second kappa shape index (κ2) is 6.67. The predicted octanol–water partition coefficient (Wildman–Crippen LogP) is 3.54. The molecule has 25 heavy (non-hydrogen) atoms. The van der Waals surface area contributed by atoms with E-state index in [1.807, 2.05) is 4.90 Å². The van der Waals surface area contributed by atoms with Gasteiger partial charge in [0.2, 0.25) is 5.91 Å². The summed E-state index contributed by atoms with van der Waals surface area (Å²) in [5.74, 6) is -0.973. The zero-order valence-corrected chi connectivity index (χ0v) is 14.8. The van der Waals surface area contributed by atoms with Crippen LogP contribution in [-0.4, -0.2) is 47.4 Å². The highest BCUT2D eigenvalue weighted by Crippen LogP contribution is 2.47. The van der Waals surface area contributed by atoms with Crippen LogP contribution in [0.15, 0.2) is 18.2 Å². The second-order valence-corrected chi connectivity index (χ2v) is 7.75. The van der Waals surface area contributed by atoms with Crippen LogP contribution in [0.1, 0.15) is 50.5 Å². The fourth-order valence-corrected chi connectivity index (χ4v) is 5.26. The van der Waals surface area contributed by atoms with Gasteiger partial charge in [-0.2, -0.15) is 0 Å². The maximum Gasteiger partial charge on any atom is 0.222 e. The van der Waals surface area contributed by atoms with Crippen molar-refractivity contribution in [1.29, 1.82) is 0 Å². The van der Waals surface area contributed by atoms with Gasteiger partial charge in [-0.05, 0) is 49.9 Å². The van der Waals surface area contributed by atoms with Gasteiger partial charge in [0.05, 0.1) is 6.04 Å². The van der Waals surface area contributed by atoms with Gasteiger partial charge in [0.25, 0.3) is 0 Å². The molecule has 1 amide bonds. The van der Waals surface area contributed by atoms with E-state index >= 15 is 0 Å². The number of amides is 1. The van der Waals surface area contributed by atoms with Crippen LogP contribution < -0.4 is 0 Å². The normalized spacial score (nSPS) is 33.6. The Hall–Kier alpha value is -1.49. The quantitative estimate of drug-likeness (QED) is 0.831. The lowest BCUT2D eigenvalue weighted by atomic mass is 9.75. The van der Waals surface area contributed by atoms with Gasteiger partial charge in [-0.25, -0.2) is 8.78 Å². The van der Waals surface area contributed by atoms with Gasteiger partial charge in [-0.15, -0.1) is 0 Å². The molecule has 4 fully saturated rings. The summed E-state index contributed by atoms with van der Waals surface area (Å²) in [7, 11) is 0. The molecule has 4 aliphatic rings.